The van der Waals surface area contributed by atoms with Gasteiger partial charge in [-0.05, 0) is 12.8 Å². The van der Waals surface area contributed by atoms with Crippen LogP contribution < -0.4 is 4.72 Å². The molecule has 0 bridgehead atoms. The molecule has 0 aliphatic rings. The molecule has 0 aliphatic carbocycles. The largest absolute Gasteiger partial charge is 0.384 e. The van der Waals surface area contributed by atoms with Crippen LogP contribution in [0.25, 0.3) is 0 Å². The number of rotatable bonds is 9. The van der Waals surface area contributed by atoms with Crippen LogP contribution in [-0.2, 0) is 21.3 Å². The Morgan fingerprint density at radius 1 is 1.41 bits per heavy atom. The lowest BCUT2D eigenvalue weighted by Gasteiger charge is -2.06. The molecule has 1 rings (SSSR count). The third-order valence-corrected chi connectivity index (χ3v) is 3.63. The summed E-state index contributed by atoms with van der Waals surface area (Å²) in [7, 11) is -1.69. The van der Waals surface area contributed by atoms with Crippen LogP contribution in [0.3, 0.4) is 0 Å². The molecule has 0 saturated carbocycles. The van der Waals surface area contributed by atoms with Gasteiger partial charge in [0.25, 0.3) is 0 Å². The van der Waals surface area contributed by atoms with E-state index in [2.05, 4.69) is 9.71 Å². The maximum atomic E-state index is 11.4. The lowest BCUT2D eigenvalue weighted by atomic mass is 10.3. The molecule has 7 heteroatoms. The van der Waals surface area contributed by atoms with E-state index in [1.54, 1.807) is 12.5 Å². The highest BCUT2D eigenvalue weighted by Crippen LogP contribution is 1.95. The van der Waals surface area contributed by atoms with Gasteiger partial charge in [-0.1, -0.05) is 0 Å². The van der Waals surface area contributed by atoms with Gasteiger partial charge in [0.05, 0.1) is 18.7 Å². The molecular formula is C10H19N3O3S. The number of unbranched alkanes of at least 4 members (excludes halogenated alkanes) is 1. The van der Waals surface area contributed by atoms with E-state index in [0.717, 1.165) is 19.4 Å². The minimum absolute atomic E-state index is 0.0189. The van der Waals surface area contributed by atoms with Crippen molar-refractivity contribution in [2.45, 2.75) is 19.4 Å². The second-order valence-corrected chi connectivity index (χ2v) is 5.64. The first-order valence-corrected chi connectivity index (χ1v) is 7.21. The van der Waals surface area contributed by atoms with Crippen LogP contribution in [0.2, 0.25) is 0 Å². The fourth-order valence-corrected chi connectivity index (χ4v) is 2.32. The third kappa shape index (κ3) is 6.40. The van der Waals surface area contributed by atoms with Crippen molar-refractivity contribution >= 4 is 10.0 Å². The summed E-state index contributed by atoms with van der Waals surface area (Å²) in [6, 6.07) is 0. The summed E-state index contributed by atoms with van der Waals surface area (Å²) in [5.74, 6) is 0.0189. The molecule has 1 aromatic rings. The molecule has 1 aromatic heterocycles. The summed E-state index contributed by atoms with van der Waals surface area (Å²) in [6.45, 7) is 1.56. The van der Waals surface area contributed by atoms with E-state index in [1.165, 1.54) is 7.11 Å². The van der Waals surface area contributed by atoms with Crippen LogP contribution in [0.15, 0.2) is 18.7 Å². The SMILES string of the molecule is COCCS(=O)(=O)NCCCCn1ccnc1. The van der Waals surface area contributed by atoms with Crippen molar-refractivity contribution in [1.29, 1.82) is 0 Å². The summed E-state index contributed by atoms with van der Waals surface area (Å²) < 4.78 is 32.0. The van der Waals surface area contributed by atoms with Crippen LogP contribution in [0.1, 0.15) is 12.8 Å². The Morgan fingerprint density at radius 2 is 2.24 bits per heavy atom. The highest BCUT2D eigenvalue weighted by Gasteiger charge is 2.07. The van der Waals surface area contributed by atoms with Gasteiger partial charge >= 0.3 is 0 Å². The minimum Gasteiger partial charge on any atom is -0.384 e. The maximum absolute atomic E-state index is 11.4. The van der Waals surface area contributed by atoms with Gasteiger partial charge in [0.1, 0.15) is 0 Å². The molecule has 0 aliphatic heterocycles. The molecule has 6 nitrogen and oxygen atoms in total. The van der Waals surface area contributed by atoms with Gasteiger partial charge in [0, 0.05) is 32.6 Å². The number of methoxy groups -OCH3 is 1. The number of hydrogen-bond acceptors (Lipinski definition) is 4. The number of aryl methyl sites for hydroxylation is 1. The van der Waals surface area contributed by atoms with Crippen molar-refractivity contribution < 1.29 is 13.2 Å². The van der Waals surface area contributed by atoms with E-state index < -0.39 is 10.0 Å². The number of hydrogen-bond donors (Lipinski definition) is 1. The lowest BCUT2D eigenvalue weighted by Crippen LogP contribution is -2.29. The monoisotopic (exact) mass is 261 g/mol. The molecule has 1 N–H and O–H groups in total. The topological polar surface area (TPSA) is 73.2 Å². The first-order chi connectivity index (χ1) is 8.14. The Morgan fingerprint density at radius 3 is 2.88 bits per heavy atom. The van der Waals surface area contributed by atoms with Gasteiger partial charge in [-0.2, -0.15) is 0 Å². The highest BCUT2D eigenvalue weighted by molar-refractivity contribution is 7.89. The van der Waals surface area contributed by atoms with E-state index in [1.807, 2.05) is 10.8 Å². The van der Waals surface area contributed by atoms with Crippen molar-refractivity contribution in [2.24, 2.45) is 0 Å². The zero-order valence-corrected chi connectivity index (χ0v) is 10.8. The number of nitrogens with zero attached hydrogens (tertiary/aromatic N) is 2. The highest BCUT2D eigenvalue weighted by atomic mass is 32.2. The van der Waals surface area contributed by atoms with Crippen molar-refractivity contribution in [1.82, 2.24) is 14.3 Å². The van der Waals surface area contributed by atoms with Crippen LogP contribution in [-0.4, -0.2) is 44.0 Å². The third-order valence-electron chi connectivity index (χ3n) is 2.28. The van der Waals surface area contributed by atoms with E-state index in [0.29, 0.717) is 6.54 Å². The van der Waals surface area contributed by atoms with Gasteiger partial charge in [0.2, 0.25) is 10.0 Å². The molecule has 0 unspecified atom stereocenters. The minimum atomic E-state index is -3.17. The molecule has 0 radical (unpaired) electrons. The summed E-state index contributed by atoms with van der Waals surface area (Å²) in [5, 5.41) is 0. The smallest absolute Gasteiger partial charge is 0.213 e. The number of sulfonamides is 1. The molecular weight excluding hydrogens is 242 g/mol. The van der Waals surface area contributed by atoms with Gasteiger partial charge in [-0.15, -0.1) is 0 Å². The van der Waals surface area contributed by atoms with Crippen LogP contribution in [0.5, 0.6) is 0 Å². The number of nitrogens with one attached hydrogen (secondary N) is 1. The average Bonchev–Trinajstić information content (AvgIpc) is 2.79. The molecule has 0 spiro atoms. The molecule has 0 atom stereocenters. The Balaban J connectivity index is 2.07. The van der Waals surface area contributed by atoms with Gasteiger partial charge in [0.15, 0.2) is 0 Å². The zero-order valence-electron chi connectivity index (χ0n) is 10.0. The maximum Gasteiger partial charge on any atom is 0.213 e. The standard InChI is InChI=1S/C10H19N3O3S/c1-16-8-9-17(14,15)12-4-2-3-6-13-7-5-11-10-13/h5,7,10,12H,2-4,6,8-9H2,1H3. The van der Waals surface area contributed by atoms with E-state index in [4.69, 9.17) is 4.74 Å². The van der Waals surface area contributed by atoms with Gasteiger partial charge in [-0.25, -0.2) is 18.1 Å². The van der Waals surface area contributed by atoms with Crippen LogP contribution in [0.4, 0.5) is 0 Å². The molecule has 0 aromatic carbocycles. The fourth-order valence-electron chi connectivity index (χ4n) is 1.33. The second kappa shape index (κ2) is 7.41. The van der Waals surface area contributed by atoms with Gasteiger partial charge < -0.3 is 9.30 Å². The van der Waals surface area contributed by atoms with E-state index in [-0.39, 0.29) is 12.4 Å². The Kier molecular flexibility index (Phi) is 6.17. The normalized spacial score (nSPS) is 11.8. The molecule has 98 valence electrons. The second-order valence-electron chi connectivity index (χ2n) is 3.71. The fraction of sp³-hybridized carbons (Fsp3) is 0.700. The average molecular weight is 261 g/mol. The Labute approximate surface area is 102 Å². The zero-order chi connectivity index (χ0) is 12.6. The van der Waals surface area contributed by atoms with Crippen molar-refractivity contribution in [3.8, 4) is 0 Å². The van der Waals surface area contributed by atoms with Crippen LogP contribution >= 0.6 is 0 Å². The van der Waals surface area contributed by atoms with Gasteiger partial charge in [-0.3, -0.25) is 0 Å². The molecule has 17 heavy (non-hydrogen) atoms. The summed E-state index contributed by atoms with van der Waals surface area (Å²) in [4.78, 5) is 3.93. The first-order valence-electron chi connectivity index (χ1n) is 5.56. The van der Waals surface area contributed by atoms with Crippen molar-refractivity contribution in [2.75, 3.05) is 26.0 Å². The van der Waals surface area contributed by atoms with E-state index in [9.17, 15) is 8.42 Å². The Hall–Kier alpha value is -0.920. The number of imidazole rings is 1. The van der Waals surface area contributed by atoms with Crippen LogP contribution in [0, 0.1) is 0 Å². The predicted molar refractivity (Wildman–Crippen MR) is 65.1 cm³/mol. The predicted octanol–water partition coefficient (Wildman–Crippen LogP) is 0.229. The number of aromatic nitrogens is 2. The molecule has 1 heterocycles. The first kappa shape index (κ1) is 14.1. The molecule has 0 saturated heterocycles. The van der Waals surface area contributed by atoms with Crippen molar-refractivity contribution in [3.05, 3.63) is 18.7 Å². The molecule has 0 fully saturated rings. The van der Waals surface area contributed by atoms with Crippen molar-refractivity contribution in [3.63, 3.8) is 0 Å². The summed E-state index contributed by atoms with van der Waals surface area (Å²) >= 11 is 0. The molecule has 0 amide bonds. The van der Waals surface area contributed by atoms with E-state index >= 15 is 0 Å². The quantitative estimate of drug-likeness (QED) is 0.646. The Bertz CT molecular complexity index is 389. The number of ether oxygens (including phenoxy) is 1. The lowest BCUT2D eigenvalue weighted by molar-refractivity contribution is 0.217. The summed E-state index contributed by atoms with van der Waals surface area (Å²) in [6.07, 6.45) is 7.10. The summed E-state index contributed by atoms with van der Waals surface area (Å²) in [5.41, 5.74) is 0.